The van der Waals surface area contributed by atoms with E-state index in [4.69, 9.17) is 4.74 Å². The SMILES string of the molecule is COc1nnc(NC(=O)c2cnc(C)cc2-c2ccc3c(c2)CNC3=O)s1. The summed E-state index contributed by atoms with van der Waals surface area (Å²) in [4.78, 5) is 28.8. The number of fused-ring (bicyclic) bond motifs is 1. The first-order chi connectivity index (χ1) is 13.0. The minimum absolute atomic E-state index is 0.0781. The molecule has 0 atom stereocenters. The van der Waals surface area contributed by atoms with Crippen molar-refractivity contribution in [3.8, 4) is 16.3 Å². The number of nitrogens with zero attached hydrogens (tertiary/aromatic N) is 3. The number of benzene rings is 1. The van der Waals surface area contributed by atoms with E-state index in [1.165, 1.54) is 13.3 Å². The fourth-order valence-electron chi connectivity index (χ4n) is 2.89. The Bertz CT molecular complexity index is 1060. The van der Waals surface area contributed by atoms with Gasteiger partial charge in [-0.1, -0.05) is 11.2 Å². The summed E-state index contributed by atoms with van der Waals surface area (Å²) in [6, 6.07) is 7.39. The summed E-state index contributed by atoms with van der Waals surface area (Å²) in [5.41, 5.74) is 4.35. The van der Waals surface area contributed by atoms with Crippen LogP contribution in [0.25, 0.3) is 11.1 Å². The van der Waals surface area contributed by atoms with Gasteiger partial charge in [0.15, 0.2) is 0 Å². The van der Waals surface area contributed by atoms with Crippen LogP contribution < -0.4 is 15.4 Å². The number of hydrogen-bond donors (Lipinski definition) is 2. The molecule has 1 aromatic carbocycles. The van der Waals surface area contributed by atoms with E-state index >= 15 is 0 Å². The van der Waals surface area contributed by atoms with E-state index in [0.717, 1.165) is 33.7 Å². The molecule has 3 heterocycles. The molecule has 0 radical (unpaired) electrons. The highest BCUT2D eigenvalue weighted by Crippen LogP contribution is 2.29. The van der Waals surface area contributed by atoms with Crippen molar-refractivity contribution in [2.75, 3.05) is 12.4 Å². The fraction of sp³-hybridized carbons (Fsp3) is 0.167. The van der Waals surface area contributed by atoms with Crippen LogP contribution in [-0.2, 0) is 6.54 Å². The Morgan fingerprint density at radius 3 is 2.89 bits per heavy atom. The van der Waals surface area contributed by atoms with Crippen LogP contribution in [0.3, 0.4) is 0 Å². The van der Waals surface area contributed by atoms with Crippen LogP contribution >= 0.6 is 11.3 Å². The van der Waals surface area contributed by atoms with Gasteiger partial charge >= 0.3 is 0 Å². The van der Waals surface area contributed by atoms with Crippen molar-refractivity contribution in [1.82, 2.24) is 20.5 Å². The molecule has 2 N–H and O–H groups in total. The largest absolute Gasteiger partial charge is 0.472 e. The molecule has 1 aliphatic heterocycles. The van der Waals surface area contributed by atoms with Gasteiger partial charge in [0.05, 0.1) is 12.7 Å². The van der Waals surface area contributed by atoms with Gasteiger partial charge in [0.2, 0.25) is 5.13 Å². The molecule has 0 unspecified atom stereocenters. The molecule has 2 amide bonds. The molecule has 4 rings (SSSR count). The zero-order valence-electron chi connectivity index (χ0n) is 14.6. The van der Waals surface area contributed by atoms with Gasteiger partial charge in [0.25, 0.3) is 17.0 Å². The van der Waals surface area contributed by atoms with Crippen LogP contribution in [0.5, 0.6) is 5.19 Å². The number of carbonyl (C=O) groups is 2. The monoisotopic (exact) mass is 381 g/mol. The Morgan fingerprint density at radius 2 is 2.11 bits per heavy atom. The second-order valence-corrected chi connectivity index (χ2v) is 6.90. The maximum atomic E-state index is 12.8. The molecular formula is C18H15N5O3S. The number of hydrogen-bond acceptors (Lipinski definition) is 7. The van der Waals surface area contributed by atoms with Crippen LogP contribution in [0.1, 0.15) is 32.0 Å². The van der Waals surface area contributed by atoms with Crippen LogP contribution in [-0.4, -0.2) is 34.1 Å². The molecule has 0 bridgehead atoms. The number of rotatable bonds is 4. The maximum Gasteiger partial charge on any atom is 0.295 e. The summed E-state index contributed by atoms with van der Waals surface area (Å²) in [6.45, 7) is 2.34. The van der Waals surface area contributed by atoms with Gasteiger partial charge < -0.3 is 10.1 Å². The average molecular weight is 381 g/mol. The van der Waals surface area contributed by atoms with E-state index in [1.807, 2.05) is 25.1 Å². The molecule has 8 nitrogen and oxygen atoms in total. The van der Waals surface area contributed by atoms with E-state index in [9.17, 15) is 9.59 Å². The summed E-state index contributed by atoms with van der Waals surface area (Å²) in [7, 11) is 1.49. The van der Waals surface area contributed by atoms with Gasteiger partial charge in [-0.05, 0) is 53.1 Å². The Balaban J connectivity index is 1.70. The van der Waals surface area contributed by atoms with E-state index in [-0.39, 0.29) is 11.8 Å². The lowest BCUT2D eigenvalue weighted by molar-refractivity contribution is 0.0964. The number of pyridine rings is 1. The lowest BCUT2D eigenvalue weighted by Crippen LogP contribution is -2.14. The van der Waals surface area contributed by atoms with Crippen LogP contribution in [0, 0.1) is 6.92 Å². The van der Waals surface area contributed by atoms with E-state index in [0.29, 0.717) is 28.0 Å². The molecule has 2 aromatic heterocycles. The predicted molar refractivity (Wildman–Crippen MR) is 100.0 cm³/mol. The Hall–Kier alpha value is -3.33. The number of amides is 2. The minimum atomic E-state index is -0.342. The normalized spacial score (nSPS) is 12.4. The molecule has 1 aliphatic rings. The quantitative estimate of drug-likeness (QED) is 0.719. The molecule has 0 fully saturated rings. The topological polar surface area (TPSA) is 106 Å². The van der Waals surface area contributed by atoms with Crippen LogP contribution in [0.15, 0.2) is 30.5 Å². The second kappa shape index (κ2) is 6.76. The summed E-state index contributed by atoms with van der Waals surface area (Å²) < 4.78 is 4.99. The lowest BCUT2D eigenvalue weighted by atomic mass is 9.97. The molecule has 9 heteroatoms. The third kappa shape index (κ3) is 3.24. The van der Waals surface area contributed by atoms with Crippen molar-refractivity contribution in [3.63, 3.8) is 0 Å². The van der Waals surface area contributed by atoms with Gasteiger partial charge in [-0.15, -0.1) is 5.10 Å². The van der Waals surface area contributed by atoms with E-state index < -0.39 is 0 Å². The second-order valence-electron chi connectivity index (χ2n) is 5.96. The zero-order valence-corrected chi connectivity index (χ0v) is 15.4. The van der Waals surface area contributed by atoms with Gasteiger partial charge in [0.1, 0.15) is 0 Å². The van der Waals surface area contributed by atoms with E-state index in [1.54, 1.807) is 6.07 Å². The number of methoxy groups -OCH3 is 1. The summed E-state index contributed by atoms with van der Waals surface area (Å²) >= 11 is 1.13. The number of aromatic nitrogens is 3. The zero-order chi connectivity index (χ0) is 19.0. The number of carbonyl (C=O) groups excluding carboxylic acids is 2. The number of nitrogens with one attached hydrogen (secondary N) is 2. The standard InChI is InChI=1S/C18H15N5O3S/c1-9-5-13(10-3-4-12-11(6-10)7-20-15(12)24)14(8-19-9)16(25)21-17-22-23-18(26-2)27-17/h3-6,8H,7H2,1-2H3,(H,20,24)(H,21,22,25). The first kappa shape index (κ1) is 17.1. The van der Waals surface area contributed by atoms with Gasteiger partial charge in [-0.3, -0.25) is 19.9 Å². The highest BCUT2D eigenvalue weighted by molar-refractivity contribution is 7.17. The highest BCUT2D eigenvalue weighted by Gasteiger charge is 2.21. The summed E-state index contributed by atoms with van der Waals surface area (Å²) in [5, 5.41) is 13.9. The molecular weight excluding hydrogens is 366 g/mol. The van der Waals surface area contributed by atoms with Crippen LogP contribution in [0.4, 0.5) is 5.13 Å². The van der Waals surface area contributed by atoms with Crippen molar-refractivity contribution in [1.29, 1.82) is 0 Å². The molecule has 0 saturated heterocycles. The van der Waals surface area contributed by atoms with Crippen molar-refractivity contribution in [2.45, 2.75) is 13.5 Å². The summed E-state index contributed by atoms with van der Waals surface area (Å²) in [5.74, 6) is -0.420. The van der Waals surface area contributed by atoms with Gasteiger partial charge in [-0.2, -0.15) is 0 Å². The first-order valence-electron chi connectivity index (χ1n) is 8.12. The fourth-order valence-corrected chi connectivity index (χ4v) is 3.44. The highest BCUT2D eigenvalue weighted by atomic mass is 32.1. The third-order valence-electron chi connectivity index (χ3n) is 4.19. The number of ether oxygens (including phenoxy) is 1. The van der Waals surface area contributed by atoms with Gasteiger partial charge in [-0.25, -0.2) is 0 Å². The number of aryl methyl sites for hydroxylation is 1. The Kier molecular flexibility index (Phi) is 4.28. The van der Waals surface area contributed by atoms with Crippen molar-refractivity contribution >= 4 is 28.3 Å². The maximum absolute atomic E-state index is 12.8. The minimum Gasteiger partial charge on any atom is -0.472 e. The molecule has 0 aliphatic carbocycles. The lowest BCUT2D eigenvalue weighted by Gasteiger charge is -2.11. The molecule has 136 valence electrons. The average Bonchev–Trinajstić information content (AvgIpc) is 3.28. The molecule has 0 saturated carbocycles. The Labute approximate surface area is 158 Å². The molecule has 0 spiro atoms. The third-order valence-corrected chi connectivity index (χ3v) is 4.99. The molecule has 27 heavy (non-hydrogen) atoms. The van der Waals surface area contributed by atoms with E-state index in [2.05, 4.69) is 25.8 Å². The summed E-state index contributed by atoms with van der Waals surface area (Å²) in [6.07, 6.45) is 1.54. The predicted octanol–water partition coefficient (Wildman–Crippen LogP) is 2.41. The molecule has 3 aromatic rings. The smallest absolute Gasteiger partial charge is 0.295 e. The van der Waals surface area contributed by atoms with Crippen molar-refractivity contribution in [3.05, 3.63) is 52.8 Å². The van der Waals surface area contributed by atoms with Crippen molar-refractivity contribution in [2.24, 2.45) is 0 Å². The first-order valence-corrected chi connectivity index (χ1v) is 8.94. The van der Waals surface area contributed by atoms with Crippen LogP contribution in [0.2, 0.25) is 0 Å². The number of anilines is 1. The van der Waals surface area contributed by atoms with Crippen molar-refractivity contribution < 1.29 is 14.3 Å². The van der Waals surface area contributed by atoms with Gasteiger partial charge in [0, 0.05) is 24.0 Å². The Morgan fingerprint density at radius 1 is 1.26 bits per heavy atom.